The molecule has 0 radical (unpaired) electrons. The van der Waals surface area contributed by atoms with Gasteiger partial charge < -0.3 is 5.73 Å². The van der Waals surface area contributed by atoms with Crippen molar-refractivity contribution in [3.63, 3.8) is 0 Å². The summed E-state index contributed by atoms with van der Waals surface area (Å²) in [5.41, 5.74) is 9.78. The molecule has 4 heteroatoms. The summed E-state index contributed by atoms with van der Waals surface area (Å²) >= 11 is 1.44. The molecule has 0 aliphatic rings. The number of thiazole rings is 1. The lowest BCUT2D eigenvalue weighted by Gasteiger charge is -2.01. The summed E-state index contributed by atoms with van der Waals surface area (Å²) in [7, 11) is 0. The molecule has 0 atom stereocenters. The van der Waals surface area contributed by atoms with E-state index in [1.165, 1.54) is 17.4 Å². The molecule has 0 saturated carbocycles. The van der Waals surface area contributed by atoms with E-state index >= 15 is 0 Å². The molecule has 0 aliphatic heterocycles. The predicted octanol–water partition coefficient (Wildman–Crippen LogP) is 4.51. The van der Waals surface area contributed by atoms with E-state index in [2.05, 4.69) is 4.98 Å². The Morgan fingerprint density at radius 1 is 1.10 bits per heavy atom. The zero-order valence-corrected chi connectivity index (χ0v) is 11.7. The highest BCUT2D eigenvalue weighted by molar-refractivity contribution is 7.13. The number of halogens is 1. The summed E-state index contributed by atoms with van der Waals surface area (Å²) < 4.78 is 13.9. The maximum absolute atomic E-state index is 13.9. The fraction of sp³-hybridized carbons (Fsp3) is 0.0625. The van der Waals surface area contributed by atoms with Crippen LogP contribution in [0.1, 0.15) is 5.56 Å². The van der Waals surface area contributed by atoms with Gasteiger partial charge in [0.1, 0.15) is 10.8 Å². The van der Waals surface area contributed by atoms with E-state index in [9.17, 15) is 4.39 Å². The minimum absolute atomic E-state index is 0.242. The van der Waals surface area contributed by atoms with Crippen molar-refractivity contribution >= 4 is 17.0 Å². The minimum Gasteiger partial charge on any atom is -0.399 e. The Balaban J connectivity index is 2.01. The van der Waals surface area contributed by atoms with Crippen LogP contribution >= 0.6 is 11.3 Å². The Hall–Kier alpha value is -2.20. The highest BCUT2D eigenvalue weighted by atomic mass is 32.1. The second-order valence-corrected chi connectivity index (χ2v) is 5.50. The maximum Gasteiger partial charge on any atom is 0.133 e. The average molecular weight is 284 g/mol. The maximum atomic E-state index is 13.9. The van der Waals surface area contributed by atoms with Gasteiger partial charge in [0.05, 0.1) is 5.69 Å². The molecule has 2 nitrogen and oxygen atoms in total. The number of nitrogens with zero attached hydrogens (tertiary/aromatic N) is 1. The van der Waals surface area contributed by atoms with Gasteiger partial charge in [-0.3, -0.25) is 0 Å². The van der Waals surface area contributed by atoms with Crippen LogP contribution in [0.5, 0.6) is 0 Å². The molecule has 0 aliphatic carbocycles. The van der Waals surface area contributed by atoms with Gasteiger partial charge >= 0.3 is 0 Å². The molecule has 0 unspecified atom stereocenters. The van der Waals surface area contributed by atoms with Crippen LogP contribution < -0.4 is 5.73 Å². The van der Waals surface area contributed by atoms with E-state index in [1.54, 1.807) is 6.07 Å². The van der Waals surface area contributed by atoms with Crippen LogP contribution in [0.4, 0.5) is 10.1 Å². The summed E-state index contributed by atoms with van der Waals surface area (Å²) in [5, 5.41) is 2.63. The van der Waals surface area contributed by atoms with Crippen molar-refractivity contribution < 1.29 is 4.39 Å². The molecule has 3 rings (SSSR count). The monoisotopic (exact) mass is 284 g/mol. The van der Waals surface area contributed by atoms with Crippen molar-refractivity contribution in [2.24, 2.45) is 0 Å². The lowest BCUT2D eigenvalue weighted by atomic mass is 10.1. The standard InChI is InChI=1S/C16H13FN2S/c1-10-2-7-14(17)13(8-10)16-19-15(9-20-16)11-3-5-12(18)6-4-11/h2-9H,18H2,1H3. The largest absolute Gasteiger partial charge is 0.399 e. The first-order chi connectivity index (χ1) is 9.63. The molecule has 2 aromatic carbocycles. The van der Waals surface area contributed by atoms with Gasteiger partial charge in [-0.1, -0.05) is 23.8 Å². The number of hydrogen-bond acceptors (Lipinski definition) is 3. The number of hydrogen-bond donors (Lipinski definition) is 1. The summed E-state index contributed by atoms with van der Waals surface area (Å²) in [6.07, 6.45) is 0. The molecule has 0 bridgehead atoms. The quantitative estimate of drug-likeness (QED) is 0.703. The van der Waals surface area contributed by atoms with E-state index in [4.69, 9.17) is 5.73 Å². The van der Waals surface area contributed by atoms with E-state index in [0.717, 1.165) is 16.8 Å². The topological polar surface area (TPSA) is 38.9 Å². The van der Waals surface area contributed by atoms with Gasteiger partial charge in [-0.2, -0.15) is 0 Å². The van der Waals surface area contributed by atoms with Gasteiger partial charge in [-0.25, -0.2) is 9.37 Å². The number of aromatic nitrogens is 1. The summed E-state index contributed by atoms with van der Waals surface area (Å²) in [4.78, 5) is 4.52. The van der Waals surface area contributed by atoms with Crippen molar-refractivity contribution in [3.8, 4) is 21.8 Å². The summed E-state index contributed by atoms with van der Waals surface area (Å²) in [6, 6.07) is 12.6. The van der Waals surface area contributed by atoms with Crippen molar-refractivity contribution in [1.29, 1.82) is 0 Å². The zero-order valence-electron chi connectivity index (χ0n) is 10.9. The van der Waals surface area contributed by atoms with Crippen LogP contribution in [0.15, 0.2) is 47.8 Å². The molecule has 3 aromatic rings. The van der Waals surface area contributed by atoms with Crippen LogP contribution in [0.2, 0.25) is 0 Å². The second-order valence-electron chi connectivity index (χ2n) is 4.64. The number of rotatable bonds is 2. The van der Waals surface area contributed by atoms with Gasteiger partial charge in [0.2, 0.25) is 0 Å². The first-order valence-electron chi connectivity index (χ1n) is 6.21. The Labute approximate surface area is 120 Å². The predicted molar refractivity (Wildman–Crippen MR) is 82.1 cm³/mol. The molecule has 0 saturated heterocycles. The Kier molecular flexibility index (Phi) is 3.24. The van der Waals surface area contributed by atoms with Crippen molar-refractivity contribution in [1.82, 2.24) is 4.98 Å². The smallest absolute Gasteiger partial charge is 0.133 e. The van der Waals surface area contributed by atoms with Gasteiger partial charge in [-0.15, -0.1) is 11.3 Å². The Morgan fingerprint density at radius 2 is 1.85 bits per heavy atom. The van der Waals surface area contributed by atoms with Crippen molar-refractivity contribution in [2.75, 3.05) is 5.73 Å². The van der Waals surface area contributed by atoms with Gasteiger partial charge in [0.15, 0.2) is 0 Å². The molecule has 20 heavy (non-hydrogen) atoms. The molecular weight excluding hydrogens is 271 g/mol. The molecule has 1 heterocycles. The molecule has 100 valence electrons. The molecule has 1 aromatic heterocycles. The third-order valence-electron chi connectivity index (χ3n) is 3.06. The number of anilines is 1. The molecule has 0 fully saturated rings. The average Bonchev–Trinajstić information content (AvgIpc) is 2.92. The van der Waals surface area contributed by atoms with Gasteiger partial charge in [-0.05, 0) is 31.2 Å². The number of aryl methyl sites for hydroxylation is 1. The number of nitrogen functional groups attached to an aromatic ring is 1. The Morgan fingerprint density at radius 3 is 2.60 bits per heavy atom. The Bertz CT molecular complexity index is 747. The first-order valence-corrected chi connectivity index (χ1v) is 7.09. The minimum atomic E-state index is -0.242. The molecule has 2 N–H and O–H groups in total. The SMILES string of the molecule is Cc1ccc(F)c(-c2nc(-c3ccc(N)cc3)cs2)c1. The normalized spacial score (nSPS) is 10.7. The van der Waals surface area contributed by atoms with Crippen LogP contribution in [-0.4, -0.2) is 4.98 Å². The van der Waals surface area contributed by atoms with Crippen LogP contribution in [-0.2, 0) is 0 Å². The second kappa shape index (κ2) is 5.06. The van der Waals surface area contributed by atoms with E-state index in [0.29, 0.717) is 16.3 Å². The highest BCUT2D eigenvalue weighted by Gasteiger charge is 2.11. The number of nitrogens with two attached hydrogens (primary N) is 1. The third-order valence-corrected chi connectivity index (χ3v) is 3.94. The lowest BCUT2D eigenvalue weighted by molar-refractivity contribution is 0.631. The van der Waals surface area contributed by atoms with Crippen molar-refractivity contribution in [2.45, 2.75) is 6.92 Å². The zero-order chi connectivity index (χ0) is 14.1. The van der Waals surface area contributed by atoms with E-state index in [-0.39, 0.29) is 5.82 Å². The third kappa shape index (κ3) is 2.42. The summed E-state index contributed by atoms with van der Waals surface area (Å²) in [5.74, 6) is -0.242. The van der Waals surface area contributed by atoms with Crippen LogP contribution in [0, 0.1) is 12.7 Å². The van der Waals surface area contributed by atoms with Gasteiger partial charge in [0.25, 0.3) is 0 Å². The van der Waals surface area contributed by atoms with Crippen LogP contribution in [0.25, 0.3) is 21.8 Å². The first kappa shape index (κ1) is 12.8. The number of benzene rings is 2. The van der Waals surface area contributed by atoms with Gasteiger partial charge in [0, 0.05) is 22.2 Å². The van der Waals surface area contributed by atoms with Crippen LogP contribution in [0.3, 0.4) is 0 Å². The molecule has 0 amide bonds. The summed E-state index contributed by atoms with van der Waals surface area (Å²) in [6.45, 7) is 1.94. The van der Waals surface area contributed by atoms with E-state index < -0.39 is 0 Å². The lowest BCUT2D eigenvalue weighted by Crippen LogP contribution is -1.86. The van der Waals surface area contributed by atoms with Crippen molar-refractivity contribution in [3.05, 3.63) is 59.2 Å². The highest BCUT2D eigenvalue weighted by Crippen LogP contribution is 2.31. The fourth-order valence-corrected chi connectivity index (χ4v) is 2.83. The fourth-order valence-electron chi connectivity index (χ4n) is 1.99. The molecular formula is C16H13FN2S. The molecule has 0 spiro atoms. The van der Waals surface area contributed by atoms with E-state index in [1.807, 2.05) is 42.6 Å².